The van der Waals surface area contributed by atoms with Crippen LogP contribution in [0.2, 0.25) is 0 Å². The lowest BCUT2D eigenvalue weighted by Gasteiger charge is -2.19. The summed E-state index contributed by atoms with van der Waals surface area (Å²) in [6.45, 7) is 0. The van der Waals surface area contributed by atoms with Gasteiger partial charge in [-0.1, -0.05) is 35.4 Å². The van der Waals surface area contributed by atoms with Crippen LogP contribution in [0.3, 0.4) is 0 Å². The van der Waals surface area contributed by atoms with E-state index in [0.717, 1.165) is 10.5 Å². The summed E-state index contributed by atoms with van der Waals surface area (Å²) in [4.78, 5) is 13.8. The third-order valence-corrected chi connectivity index (χ3v) is 7.64. The molecule has 0 radical (unpaired) electrons. The largest absolute Gasteiger partial charge is 0.407 e. The molecule has 0 spiro atoms. The van der Waals surface area contributed by atoms with Crippen LogP contribution in [-0.4, -0.2) is 37.8 Å². The highest BCUT2D eigenvalue weighted by Gasteiger charge is 2.22. The van der Waals surface area contributed by atoms with Crippen molar-refractivity contribution in [3.8, 4) is 0 Å². The number of nitrogens with one attached hydrogen (secondary N) is 1. The Hall–Kier alpha value is -3.63. The molecule has 0 saturated carbocycles. The van der Waals surface area contributed by atoms with Crippen LogP contribution >= 0.6 is 11.8 Å². The van der Waals surface area contributed by atoms with Crippen molar-refractivity contribution in [1.29, 1.82) is 0 Å². The molecule has 4 rings (SSSR count). The highest BCUT2D eigenvalue weighted by Crippen LogP contribution is 2.22. The molecule has 0 unspecified atom stereocenters. The number of hydrogen-bond donors (Lipinski definition) is 1. The minimum atomic E-state index is -3.76. The zero-order valence-corrected chi connectivity index (χ0v) is 20.1. The van der Waals surface area contributed by atoms with Crippen LogP contribution in [0.4, 0.5) is 11.7 Å². The number of carbonyl (C=O) groups is 1. The van der Waals surface area contributed by atoms with Gasteiger partial charge in [0.2, 0.25) is 5.89 Å². The molecule has 4 aromatic rings. The first-order valence-electron chi connectivity index (χ1n) is 10.3. The Morgan fingerprint density at radius 1 is 0.971 bits per heavy atom. The van der Waals surface area contributed by atoms with Gasteiger partial charge in [0.05, 0.1) is 17.0 Å². The first kappa shape index (κ1) is 23.5. The monoisotopic (exact) mass is 494 g/mol. The molecular weight excluding hydrogens is 472 g/mol. The van der Waals surface area contributed by atoms with Gasteiger partial charge >= 0.3 is 6.01 Å². The van der Waals surface area contributed by atoms with Gasteiger partial charge in [-0.05, 0) is 60.4 Å². The first-order valence-corrected chi connectivity index (χ1v) is 12.9. The molecule has 8 nitrogen and oxygen atoms in total. The fraction of sp³-hybridized carbons (Fsp3) is 0.125. The number of anilines is 2. The van der Waals surface area contributed by atoms with Crippen molar-refractivity contribution >= 4 is 39.4 Å². The van der Waals surface area contributed by atoms with Crippen LogP contribution in [0.5, 0.6) is 0 Å². The summed E-state index contributed by atoms with van der Waals surface area (Å²) in [5.41, 5.74) is 1.81. The third-order valence-electron chi connectivity index (χ3n) is 5.10. The predicted octanol–water partition coefficient (Wildman–Crippen LogP) is 4.46. The predicted molar refractivity (Wildman–Crippen MR) is 132 cm³/mol. The van der Waals surface area contributed by atoms with Crippen molar-refractivity contribution in [2.45, 2.75) is 16.2 Å². The Morgan fingerprint density at radius 2 is 1.65 bits per heavy atom. The van der Waals surface area contributed by atoms with E-state index in [1.807, 2.05) is 36.6 Å². The van der Waals surface area contributed by atoms with Gasteiger partial charge in [-0.3, -0.25) is 14.4 Å². The number of para-hydroxylation sites is 1. The second-order valence-electron chi connectivity index (χ2n) is 7.31. The molecule has 0 aliphatic rings. The van der Waals surface area contributed by atoms with E-state index in [-0.39, 0.29) is 16.5 Å². The Balaban J connectivity index is 1.41. The normalized spacial score (nSPS) is 11.2. The minimum absolute atomic E-state index is 0.0266. The van der Waals surface area contributed by atoms with Crippen molar-refractivity contribution < 1.29 is 17.6 Å². The van der Waals surface area contributed by atoms with E-state index < -0.39 is 15.9 Å². The van der Waals surface area contributed by atoms with Gasteiger partial charge in [0.15, 0.2) is 0 Å². The van der Waals surface area contributed by atoms with Crippen LogP contribution in [-0.2, 0) is 16.4 Å². The topological polar surface area (TPSA) is 105 Å². The minimum Gasteiger partial charge on any atom is -0.407 e. The number of benzene rings is 3. The summed E-state index contributed by atoms with van der Waals surface area (Å²) >= 11 is 1.66. The summed E-state index contributed by atoms with van der Waals surface area (Å²) in [5.74, 6) is -0.113. The van der Waals surface area contributed by atoms with Crippen molar-refractivity contribution in [2.24, 2.45) is 0 Å². The maximum atomic E-state index is 12.9. The highest BCUT2D eigenvalue weighted by molar-refractivity contribution is 7.98. The fourth-order valence-electron chi connectivity index (χ4n) is 3.18. The molecular formula is C24H22N4O4S2. The lowest BCUT2D eigenvalue weighted by Crippen LogP contribution is -2.26. The Bertz CT molecular complexity index is 1370. The fourth-order valence-corrected chi connectivity index (χ4v) is 4.78. The standard InChI is InChI=1S/C24H22N4O4S2/c1-28(19-6-4-3-5-7-19)34(30,31)21-14-10-18(11-15-21)23(29)25-24-27-26-22(32-24)16-17-8-12-20(33-2)13-9-17/h3-15H,16H2,1-2H3,(H,25,27,29). The Labute approximate surface area is 202 Å². The molecule has 0 bridgehead atoms. The second-order valence-corrected chi connectivity index (χ2v) is 10.2. The number of aromatic nitrogens is 2. The number of nitrogens with zero attached hydrogens (tertiary/aromatic N) is 3. The quantitative estimate of drug-likeness (QED) is 0.361. The summed E-state index contributed by atoms with van der Waals surface area (Å²) in [6.07, 6.45) is 2.45. The average molecular weight is 495 g/mol. The van der Waals surface area contributed by atoms with Crippen LogP contribution in [0.1, 0.15) is 21.8 Å². The van der Waals surface area contributed by atoms with Gasteiger partial charge in [-0.25, -0.2) is 8.42 Å². The van der Waals surface area contributed by atoms with Crippen molar-refractivity contribution in [3.05, 3.63) is 95.9 Å². The van der Waals surface area contributed by atoms with Gasteiger partial charge in [0.25, 0.3) is 15.9 Å². The number of thioether (sulfide) groups is 1. The molecule has 0 fully saturated rings. The van der Waals surface area contributed by atoms with E-state index in [1.165, 1.54) is 35.6 Å². The zero-order valence-electron chi connectivity index (χ0n) is 18.5. The molecule has 0 atom stereocenters. The summed E-state index contributed by atoms with van der Waals surface area (Å²) in [5, 5.41) is 10.4. The molecule has 1 N–H and O–H groups in total. The number of sulfonamides is 1. The van der Waals surface area contributed by atoms with Gasteiger partial charge in [-0.2, -0.15) is 0 Å². The van der Waals surface area contributed by atoms with Crippen molar-refractivity contribution in [2.75, 3.05) is 22.9 Å². The summed E-state index contributed by atoms with van der Waals surface area (Å²) in [6, 6.07) is 22.4. The SMILES string of the molecule is CSc1ccc(Cc2nnc(NC(=O)c3ccc(S(=O)(=O)N(C)c4ccccc4)cc3)o2)cc1. The number of rotatable bonds is 8. The maximum Gasteiger partial charge on any atom is 0.322 e. The molecule has 0 aliphatic carbocycles. The van der Waals surface area contributed by atoms with Gasteiger partial charge in [0.1, 0.15) is 0 Å². The van der Waals surface area contributed by atoms with E-state index in [1.54, 1.807) is 36.0 Å². The maximum absolute atomic E-state index is 12.9. The van der Waals surface area contributed by atoms with Crippen LogP contribution in [0, 0.1) is 0 Å². The molecule has 1 aromatic heterocycles. The molecule has 3 aromatic carbocycles. The molecule has 0 saturated heterocycles. The van der Waals surface area contributed by atoms with E-state index in [9.17, 15) is 13.2 Å². The van der Waals surface area contributed by atoms with Crippen LogP contribution < -0.4 is 9.62 Å². The Kier molecular flexibility index (Phi) is 6.99. The zero-order chi connectivity index (χ0) is 24.1. The lowest BCUT2D eigenvalue weighted by atomic mass is 10.1. The number of hydrogen-bond acceptors (Lipinski definition) is 7. The molecule has 174 valence electrons. The molecule has 1 heterocycles. The molecule has 34 heavy (non-hydrogen) atoms. The van der Waals surface area contributed by atoms with E-state index >= 15 is 0 Å². The summed E-state index contributed by atoms with van der Waals surface area (Å²) < 4.78 is 32.5. The van der Waals surface area contributed by atoms with Crippen LogP contribution in [0.15, 0.2) is 93.1 Å². The number of amides is 1. The number of carbonyl (C=O) groups excluding carboxylic acids is 1. The summed E-state index contributed by atoms with van der Waals surface area (Å²) in [7, 11) is -2.28. The third kappa shape index (κ3) is 5.29. The highest BCUT2D eigenvalue weighted by atomic mass is 32.2. The molecule has 1 amide bonds. The first-order chi connectivity index (χ1) is 16.4. The van der Waals surface area contributed by atoms with Gasteiger partial charge < -0.3 is 4.42 Å². The van der Waals surface area contributed by atoms with Crippen molar-refractivity contribution in [1.82, 2.24) is 10.2 Å². The molecule has 10 heteroatoms. The van der Waals surface area contributed by atoms with Gasteiger partial charge in [-0.15, -0.1) is 16.9 Å². The second kappa shape index (κ2) is 10.1. The van der Waals surface area contributed by atoms with E-state index in [2.05, 4.69) is 15.5 Å². The lowest BCUT2D eigenvalue weighted by molar-refractivity contribution is 0.102. The van der Waals surface area contributed by atoms with Gasteiger partial charge in [0, 0.05) is 17.5 Å². The van der Waals surface area contributed by atoms with E-state index in [4.69, 9.17) is 4.42 Å². The average Bonchev–Trinajstić information content (AvgIpc) is 3.31. The van der Waals surface area contributed by atoms with Crippen molar-refractivity contribution in [3.63, 3.8) is 0 Å². The van der Waals surface area contributed by atoms with E-state index in [0.29, 0.717) is 18.0 Å². The van der Waals surface area contributed by atoms with Crippen LogP contribution in [0.25, 0.3) is 0 Å². The smallest absolute Gasteiger partial charge is 0.322 e. The molecule has 0 aliphatic heterocycles. The Morgan fingerprint density at radius 3 is 2.29 bits per heavy atom.